The van der Waals surface area contributed by atoms with Gasteiger partial charge in [-0.2, -0.15) is 0 Å². The lowest BCUT2D eigenvalue weighted by Crippen LogP contribution is -2.44. The molecule has 20 heavy (non-hydrogen) atoms. The van der Waals surface area contributed by atoms with Crippen LogP contribution in [-0.2, 0) is 9.53 Å². The highest BCUT2D eigenvalue weighted by Gasteiger charge is 2.12. The molecule has 1 aliphatic rings. The standard InChI is InChI=1S/C9H14N4.C5H10O2/c1-8-6-11-7-12-9(8)13-4-2-10-3-5-13;1-5(2,3)7-4-6/h6-7,10H,2-5H2,1H3;4H,1-3H3. The van der Waals surface area contributed by atoms with E-state index >= 15 is 0 Å². The number of aryl methyl sites for hydroxylation is 1. The molecule has 1 aliphatic heterocycles. The lowest BCUT2D eigenvalue weighted by Gasteiger charge is -2.29. The molecule has 0 bridgehead atoms. The third-order valence-electron chi connectivity index (χ3n) is 2.69. The summed E-state index contributed by atoms with van der Waals surface area (Å²) < 4.78 is 4.55. The summed E-state index contributed by atoms with van der Waals surface area (Å²) >= 11 is 0. The predicted molar refractivity (Wildman–Crippen MR) is 78.8 cm³/mol. The van der Waals surface area contributed by atoms with Gasteiger partial charge in [-0.15, -0.1) is 0 Å². The first kappa shape index (κ1) is 16.4. The van der Waals surface area contributed by atoms with Gasteiger partial charge in [-0.1, -0.05) is 0 Å². The van der Waals surface area contributed by atoms with E-state index < -0.39 is 0 Å². The van der Waals surface area contributed by atoms with Crippen LogP contribution >= 0.6 is 0 Å². The predicted octanol–water partition coefficient (Wildman–Crippen LogP) is 1.15. The number of hydrogen-bond acceptors (Lipinski definition) is 6. The zero-order chi connectivity index (χ0) is 15.0. The minimum atomic E-state index is -0.318. The van der Waals surface area contributed by atoms with Crippen molar-refractivity contribution in [2.45, 2.75) is 33.3 Å². The molecule has 1 aromatic heterocycles. The molecule has 1 fully saturated rings. The first-order chi connectivity index (χ1) is 9.44. The van der Waals surface area contributed by atoms with Crippen molar-refractivity contribution in [1.82, 2.24) is 15.3 Å². The number of nitrogens with zero attached hydrogens (tertiary/aromatic N) is 3. The van der Waals surface area contributed by atoms with E-state index in [0.717, 1.165) is 37.6 Å². The molecule has 6 nitrogen and oxygen atoms in total. The van der Waals surface area contributed by atoms with Crippen molar-refractivity contribution in [3.63, 3.8) is 0 Å². The van der Waals surface area contributed by atoms with Gasteiger partial charge in [-0.25, -0.2) is 9.97 Å². The Balaban J connectivity index is 0.000000246. The number of rotatable bonds is 2. The molecule has 1 N–H and O–H groups in total. The molecule has 0 amide bonds. The van der Waals surface area contributed by atoms with Crippen molar-refractivity contribution in [1.29, 1.82) is 0 Å². The quantitative estimate of drug-likeness (QED) is 0.820. The van der Waals surface area contributed by atoms with E-state index in [2.05, 4.69) is 31.8 Å². The molecular formula is C14H24N4O2. The molecule has 112 valence electrons. The van der Waals surface area contributed by atoms with Gasteiger partial charge in [0.25, 0.3) is 6.47 Å². The first-order valence-corrected chi connectivity index (χ1v) is 6.78. The SMILES string of the molecule is CC(C)(C)OC=O.Cc1cncnc1N1CCNCC1. The molecule has 0 aromatic carbocycles. The number of carbonyl (C=O) groups excluding carboxylic acids is 1. The van der Waals surface area contributed by atoms with Crippen LogP contribution < -0.4 is 10.2 Å². The molecule has 0 aliphatic carbocycles. The smallest absolute Gasteiger partial charge is 0.293 e. The Labute approximate surface area is 120 Å². The summed E-state index contributed by atoms with van der Waals surface area (Å²) in [6.07, 6.45) is 3.48. The molecule has 0 unspecified atom stereocenters. The Morgan fingerprint density at radius 1 is 1.35 bits per heavy atom. The molecule has 0 saturated carbocycles. The summed E-state index contributed by atoms with van der Waals surface area (Å²) in [5.41, 5.74) is 0.839. The number of nitrogens with one attached hydrogen (secondary N) is 1. The summed E-state index contributed by atoms with van der Waals surface area (Å²) in [4.78, 5) is 20.2. The average molecular weight is 280 g/mol. The number of hydrogen-bond donors (Lipinski definition) is 1. The Kier molecular flexibility index (Phi) is 6.38. The van der Waals surface area contributed by atoms with E-state index in [1.807, 2.05) is 27.0 Å². The van der Waals surface area contributed by atoms with Gasteiger partial charge >= 0.3 is 0 Å². The number of anilines is 1. The van der Waals surface area contributed by atoms with E-state index in [1.165, 1.54) is 0 Å². The van der Waals surface area contributed by atoms with Crippen LogP contribution in [0.1, 0.15) is 26.3 Å². The molecule has 0 atom stereocenters. The van der Waals surface area contributed by atoms with Gasteiger partial charge in [0.1, 0.15) is 17.7 Å². The average Bonchev–Trinajstić information content (AvgIpc) is 2.40. The maximum atomic E-state index is 9.60. The summed E-state index contributed by atoms with van der Waals surface area (Å²) in [5.74, 6) is 1.08. The molecule has 6 heteroatoms. The molecule has 2 heterocycles. The summed E-state index contributed by atoms with van der Waals surface area (Å²) in [5, 5.41) is 3.32. The summed E-state index contributed by atoms with van der Waals surface area (Å²) in [6, 6.07) is 0. The van der Waals surface area contributed by atoms with E-state index in [9.17, 15) is 4.79 Å². The summed E-state index contributed by atoms with van der Waals surface area (Å²) in [7, 11) is 0. The van der Waals surface area contributed by atoms with Crippen LogP contribution in [0, 0.1) is 6.92 Å². The minimum Gasteiger partial charge on any atom is -0.462 e. The van der Waals surface area contributed by atoms with E-state index in [4.69, 9.17) is 0 Å². The molecule has 2 rings (SSSR count). The van der Waals surface area contributed by atoms with Crippen molar-refractivity contribution in [2.24, 2.45) is 0 Å². The van der Waals surface area contributed by atoms with Gasteiger partial charge < -0.3 is 15.0 Å². The Hall–Kier alpha value is -1.69. The van der Waals surface area contributed by atoms with E-state index in [-0.39, 0.29) is 5.60 Å². The van der Waals surface area contributed by atoms with Crippen molar-refractivity contribution < 1.29 is 9.53 Å². The monoisotopic (exact) mass is 280 g/mol. The Bertz CT molecular complexity index is 412. The van der Waals surface area contributed by atoms with Crippen LogP contribution in [0.4, 0.5) is 5.82 Å². The normalized spacial score (nSPS) is 15.1. The highest BCUT2D eigenvalue weighted by atomic mass is 16.5. The maximum Gasteiger partial charge on any atom is 0.293 e. The van der Waals surface area contributed by atoms with Crippen LogP contribution in [0.15, 0.2) is 12.5 Å². The summed E-state index contributed by atoms with van der Waals surface area (Å²) in [6.45, 7) is 12.1. The van der Waals surface area contributed by atoms with Crippen LogP contribution in [0.3, 0.4) is 0 Å². The van der Waals surface area contributed by atoms with Crippen molar-refractivity contribution in [3.05, 3.63) is 18.1 Å². The zero-order valence-corrected chi connectivity index (χ0v) is 12.7. The lowest BCUT2D eigenvalue weighted by atomic mass is 10.2. The number of ether oxygens (including phenoxy) is 1. The van der Waals surface area contributed by atoms with E-state index in [1.54, 1.807) is 6.33 Å². The fourth-order valence-corrected chi connectivity index (χ4v) is 1.74. The van der Waals surface area contributed by atoms with Gasteiger partial charge in [0.15, 0.2) is 0 Å². The number of carbonyl (C=O) groups is 1. The minimum absolute atomic E-state index is 0.318. The molecule has 0 radical (unpaired) electrons. The zero-order valence-electron chi connectivity index (χ0n) is 12.7. The van der Waals surface area contributed by atoms with Gasteiger partial charge in [-0.05, 0) is 27.7 Å². The largest absolute Gasteiger partial charge is 0.462 e. The van der Waals surface area contributed by atoms with E-state index in [0.29, 0.717) is 6.47 Å². The fourth-order valence-electron chi connectivity index (χ4n) is 1.74. The topological polar surface area (TPSA) is 67.3 Å². The molecular weight excluding hydrogens is 256 g/mol. The van der Waals surface area contributed by atoms with Crippen molar-refractivity contribution in [3.8, 4) is 0 Å². The molecule has 1 saturated heterocycles. The van der Waals surface area contributed by atoms with Crippen LogP contribution in [0.5, 0.6) is 0 Å². The molecule has 1 aromatic rings. The van der Waals surface area contributed by atoms with Crippen molar-refractivity contribution >= 4 is 12.3 Å². The van der Waals surface area contributed by atoms with Crippen molar-refractivity contribution in [2.75, 3.05) is 31.1 Å². The fraction of sp³-hybridized carbons (Fsp3) is 0.643. The Morgan fingerprint density at radius 3 is 2.45 bits per heavy atom. The van der Waals surface area contributed by atoms with Crippen LogP contribution in [-0.4, -0.2) is 48.2 Å². The second kappa shape index (κ2) is 7.79. The third-order valence-corrected chi connectivity index (χ3v) is 2.69. The molecule has 0 spiro atoms. The second-order valence-electron chi connectivity index (χ2n) is 5.59. The number of piperazine rings is 1. The first-order valence-electron chi connectivity index (χ1n) is 6.78. The van der Waals surface area contributed by atoms with Crippen LogP contribution in [0.2, 0.25) is 0 Å². The maximum absolute atomic E-state index is 9.60. The highest BCUT2D eigenvalue weighted by Crippen LogP contribution is 2.14. The highest BCUT2D eigenvalue weighted by molar-refractivity contribution is 5.44. The van der Waals surface area contributed by atoms with Gasteiger partial charge in [-0.3, -0.25) is 4.79 Å². The second-order valence-corrected chi connectivity index (χ2v) is 5.59. The van der Waals surface area contributed by atoms with Gasteiger partial charge in [0.05, 0.1) is 0 Å². The van der Waals surface area contributed by atoms with Gasteiger partial charge in [0, 0.05) is 37.9 Å². The van der Waals surface area contributed by atoms with Crippen LogP contribution in [0.25, 0.3) is 0 Å². The third kappa shape index (κ3) is 5.97. The van der Waals surface area contributed by atoms with Gasteiger partial charge in [0.2, 0.25) is 0 Å². The Morgan fingerprint density at radius 2 is 2.00 bits per heavy atom. The number of aromatic nitrogens is 2. The lowest BCUT2D eigenvalue weighted by molar-refractivity contribution is -0.138.